The van der Waals surface area contributed by atoms with E-state index in [9.17, 15) is 4.79 Å². The summed E-state index contributed by atoms with van der Waals surface area (Å²) in [5.41, 5.74) is 2.00. The highest BCUT2D eigenvalue weighted by Gasteiger charge is 2.19. The topological polar surface area (TPSA) is 59.0 Å². The van der Waals surface area contributed by atoms with Crippen molar-refractivity contribution in [2.24, 2.45) is 0 Å². The average molecular weight is 285 g/mol. The summed E-state index contributed by atoms with van der Waals surface area (Å²) in [6, 6.07) is 0.319. The standard InChI is InChI=1S/C13H21ClN4O/c1-3-10-13(14)11(18(4-2)17-10)8-15-9-5-6-12(19)16-7-9/h9,15H,3-8H2,1-2H3,(H,16,19). The zero-order chi connectivity index (χ0) is 13.8. The van der Waals surface area contributed by atoms with Crippen LogP contribution in [0.2, 0.25) is 5.02 Å². The molecule has 1 aliphatic rings. The van der Waals surface area contributed by atoms with Crippen LogP contribution in [0.15, 0.2) is 0 Å². The third-order valence-corrected chi connectivity index (χ3v) is 3.95. The monoisotopic (exact) mass is 284 g/mol. The van der Waals surface area contributed by atoms with Gasteiger partial charge in [-0.15, -0.1) is 0 Å². The molecule has 2 rings (SSSR count). The van der Waals surface area contributed by atoms with E-state index in [0.29, 0.717) is 25.6 Å². The predicted octanol–water partition coefficient (Wildman–Crippen LogP) is 1.49. The van der Waals surface area contributed by atoms with Crippen molar-refractivity contribution in [1.29, 1.82) is 0 Å². The summed E-state index contributed by atoms with van der Waals surface area (Å²) in [5.74, 6) is 0.142. The van der Waals surface area contributed by atoms with E-state index in [4.69, 9.17) is 11.6 Å². The Kier molecular flexibility index (Phi) is 4.82. The van der Waals surface area contributed by atoms with Crippen molar-refractivity contribution < 1.29 is 4.79 Å². The summed E-state index contributed by atoms with van der Waals surface area (Å²) in [4.78, 5) is 11.1. The van der Waals surface area contributed by atoms with Gasteiger partial charge in [-0.25, -0.2) is 0 Å². The van der Waals surface area contributed by atoms with Gasteiger partial charge in [0, 0.05) is 32.1 Å². The Bertz CT molecular complexity index is 448. The molecule has 2 heterocycles. The molecule has 19 heavy (non-hydrogen) atoms. The van der Waals surface area contributed by atoms with Crippen molar-refractivity contribution in [2.75, 3.05) is 6.54 Å². The van der Waals surface area contributed by atoms with E-state index < -0.39 is 0 Å². The third kappa shape index (κ3) is 3.28. The van der Waals surface area contributed by atoms with E-state index >= 15 is 0 Å². The van der Waals surface area contributed by atoms with Gasteiger partial charge in [0.15, 0.2) is 0 Å². The minimum atomic E-state index is 0.142. The van der Waals surface area contributed by atoms with E-state index in [0.717, 1.165) is 35.8 Å². The minimum absolute atomic E-state index is 0.142. The normalized spacial score (nSPS) is 19.5. The number of aryl methyl sites for hydroxylation is 2. The lowest BCUT2D eigenvalue weighted by molar-refractivity contribution is -0.122. The highest BCUT2D eigenvalue weighted by molar-refractivity contribution is 6.31. The maximum absolute atomic E-state index is 11.1. The fourth-order valence-electron chi connectivity index (χ4n) is 2.33. The molecule has 0 bridgehead atoms. The number of halogens is 1. The summed E-state index contributed by atoms with van der Waals surface area (Å²) in [7, 11) is 0. The van der Waals surface area contributed by atoms with Crippen molar-refractivity contribution in [3.8, 4) is 0 Å². The molecule has 1 atom stereocenters. The van der Waals surface area contributed by atoms with Crippen molar-refractivity contribution in [3.63, 3.8) is 0 Å². The summed E-state index contributed by atoms with van der Waals surface area (Å²) < 4.78 is 1.95. The smallest absolute Gasteiger partial charge is 0.220 e. The molecule has 0 radical (unpaired) electrons. The maximum Gasteiger partial charge on any atom is 0.220 e. The van der Waals surface area contributed by atoms with Crippen LogP contribution in [0, 0.1) is 0 Å². The van der Waals surface area contributed by atoms with Gasteiger partial charge < -0.3 is 10.6 Å². The highest BCUT2D eigenvalue weighted by Crippen LogP contribution is 2.21. The van der Waals surface area contributed by atoms with Crippen LogP contribution >= 0.6 is 11.6 Å². The second kappa shape index (κ2) is 6.39. The van der Waals surface area contributed by atoms with Crippen LogP contribution in [0.5, 0.6) is 0 Å². The molecule has 1 fully saturated rings. The number of hydrogen-bond acceptors (Lipinski definition) is 3. The molecule has 0 spiro atoms. The van der Waals surface area contributed by atoms with Crippen LogP contribution in [0.4, 0.5) is 0 Å². The van der Waals surface area contributed by atoms with Gasteiger partial charge >= 0.3 is 0 Å². The first-order valence-electron chi connectivity index (χ1n) is 6.89. The van der Waals surface area contributed by atoms with Gasteiger partial charge in [0.2, 0.25) is 5.91 Å². The number of rotatable bonds is 5. The van der Waals surface area contributed by atoms with Crippen molar-refractivity contribution >= 4 is 17.5 Å². The molecule has 2 N–H and O–H groups in total. The average Bonchev–Trinajstić information content (AvgIpc) is 2.74. The lowest BCUT2D eigenvalue weighted by Crippen LogP contribution is -2.45. The Labute approximate surface area is 118 Å². The predicted molar refractivity (Wildman–Crippen MR) is 75.2 cm³/mol. The molecule has 0 saturated carbocycles. The minimum Gasteiger partial charge on any atom is -0.355 e. The number of carbonyl (C=O) groups excluding carboxylic acids is 1. The van der Waals surface area contributed by atoms with Gasteiger partial charge in [-0.2, -0.15) is 5.10 Å². The number of nitrogens with one attached hydrogen (secondary N) is 2. The van der Waals surface area contributed by atoms with Crippen LogP contribution in [0.25, 0.3) is 0 Å². The van der Waals surface area contributed by atoms with Crippen molar-refractivity contribution in [2.45, 2.75) is 52.2 Å². The number of aromatic nitrogens is 2. The van der Waals surface area contributed by atoms with E-state index in [1.165, 1.54) is 0 Å². The lowest BCUT2D eigenvalue weighted by Gasteiger charge is -2.23. The Morgan fingerprint density at radius 3 is 2.89 bits per heavy atom. The largest absolute Gasteiger partial charge is 0.355 e. The molecule has 106 valence electrons. The lowest BCUT2D eigenvalue weighted by atomic mass is 10.1. The van der Waals surface area contributed by atoms with E-state index in [1.54, 1.807) is 0 Å². The first-order chi connectivity index (χ1) is 9.15. The Morgan fingerprint density at radius 1 is 1.53 bits per heavy atom. The molecule has 0 aliphatic carbocycles. The summed E-state index contributed by atoms with van der Waals surface area (Å²) >= 11 is 6.36. The SMILES string of the molecule is CCc1nn(CC)c(CNC2CCC(=O)NC2)c1Cl. The molecule has 1 saturated heterocycles. The fourth-order valence-corrected chi connectivity index (χ4v) is 2.67. The van der Waals surface area contributed by atoms with E-state index in [-0.39, 0.29) is 5.91 Å². The highest BCUT2D eigenvalue weighted by atomic mass is 35.5. The second-order valence-electron chi connectivity index (χ2n) is 4.80. The van der Waals surface area contributed by atoms with Crippen LogP contribution < -0.4 is 10.6 Å². The number of amides is 1. The molecule has 1 aromatic rings. The molecule has 0 aromatic carbocycles. The molecular weight excluding hydrogens is 264 g/mol. The van der Waals surface area contributed by atoms with Gasteiger partial charge in [0.05, 0.1) is 16.4 Å². The summed E-state index contributed by atoms with van der Waals surface area (Å²) in [6.45, 7) is 6.32. The van der Waals surface area contributed by atoms with E-state index in [2.05, 4.69) is 29.6 Å². The second-order valence-corrected chi connectivity index (χ2v) is 5.18. The molecule has 1 amide bonds. The van der Waals surface area contributed by atoms with Gasteiger partial charge in [-0.05, 0) is 19.8 Å². The van der Waals surface area contributed by atoms with Gasteiger partial charge in [0.25, 0.3) is 0 Å². The first-order valence-corrected chi connectivity index (χ1v) is 7.27. The molecular formula is C13H21ClN4O. The molecule has 6 heteroatoms. The molecule has 1 aromatic heterocycles. The van der Waals surface area contributed by atoms with Crippen LogP contribution in [-0.4, -0.2) is 28.3 Å². The Morgan fingerprint density at radius 2 is 2.32 bits per heavy atom. The number of piperidine rings is 1. The molecule has 1 unspecified atom stereocenters. The zero-order valence-electron chi connectivity index (χ0n) is 11.5. The van der Waals surface area contributed by atoms with Gasteiger partial charge in [-0.1, -0.05) is 18.5 Å². The molecule has 1 aliphatic heterocycles. The van der Waals surface area contributed by atoms with Gasteiger partial charge in [-0.3, -0.25) is 9.48 Å². The number of hydrogen-bond donors (Lipinski definition) is 2. The first kappa shape index (κ1) is 14.3. The Hall–Kier alpha value is -1.07. The third-order valence-electron chi connectivity index (χ3n) is 3.52. The number of carbonyl (C=O) groups is 1. The summed E-state index contributed by atoms with van der Waals surface area (Å²) in [6.07, 6.45) is 2.32. The van der Waals surface area contributed by atoms with Crippen molar-refractivity contribution in [1.82, 2.24) is 20.4 Å². The van der Waals surface area contributed by atoms with Crippen LogP contribution in [0.3, 0.4) is 0 Å². The maximum atomic E-state index is 11.1. The van der Waals surface area contributed by atoms with Crippen molar-refractivity contribution in [3.05, 3.63) is 16.4 Å². The van der Waals surface area contributed by atoms with Gasteiger partial charge in [0.1, 0.15) is 0 Å². The molecule has 5 nitrogen and oxygen atoms in total. The Balaban J connectivity index is 1.98. The van der Waals surface area contributed by atoms with E-state index in [1.807, 2.05) is 4.68 Å². The quantitative estimate of drug-likeness (QED) is 0.861. The summed E-state index contributed by atoms with van der Waals surface area (Å²) in [5, 5.41) is 11.6. The fraction of sp³-hybridized carbons (Fsp3) is 0.692. The van der Waals surface area contributed by atoms with Crippen LogP contribution in [-0.2, 0) is 24.3 Å². The number of nitrogens with zero attached hydrogens (tertiary/aromatic N) is 2. The zero-order valence-corrected chi connectivity index (χ0v) is 12.3. The van der Waals surface area contributed by atoms with Crippen LogP contribution in [0.1, 0.15) is 38.1 Å².